The van der Waals surface area contributed by atoms with Crippen LogP contribution >= 0.6 is 0 Å². The van der Waals surface area contributed by atoms with Crippen molar-refractivity contribution in [1.29, 1.82) is 0 Å². The fraction of sp³-hybridized carbons (Fsp3) is 0.250. The summed E-state index contributed by atoms with van der Waals surface area (Å²) in [6.45, 7) is 0.780. The van der Waals surface area contributed by atoms with Gasteiger partial charge in [-0.25, -0.2) is 4.98 Å². The van der Waals surface area contributed by atoms with Crippen molar-refractivity contribution in [1.82, 2.24) is 24.6 Å². The largest absolute Gasteiger partial charge is 0.335 e. The molecule has 6 heteroatoms. The van der Waals surface area contributed by atoms with Gasteiger partial charge in [0.15, 0.2) is 0 Å². The molecule has 0 unspecified atom stereocenters. The third-order valence-electron chi connectivity index (χ3n) is 5.78. The Morgan fingerprint density at radius 1 is 1.17 bits per heavy atom. The average Bonchev–Trinajstić information content (AvgIpc) is 3.42. The van der Waals surface area contributed by atoms with Crippen molar-refractivity contribution in [2.24, 2.45) is 7.05 Å². The van der Waals surface area contributed by atoms with E-state index >= 15 is 0 Å². The van der Waals surface area contributed by atoms with Gasteiger partial charge in [0.25, 0.3) is 5.91 Å². The van der Waals surface area contributed by atoms with Gasteiger partial charge in [0.05, 0.1) is 23.0 Å². The van der Waals surface area contributed by atoms with Crippen molar-refractivity contribution in [3.8, 4) is 11.3 Å². The molecule has 5 rings (SSSR count). The standard InChI is InChI=1S/C24H23N5O/c1-28-16-18(15-26-28)23-13-21(20-8-2-3-9-22(20)27-23)24(30)29-11-5-7-19(29)12-17-6-4-10-25-14-17/h2-4,6,8-10,13-16,19H,5,7,11-12H2,1H3/t19-/m0/s1. The predicted octanol–water partition coefficient (Wildman–Crippen LogP) is 3.88. The van der Waals surface area contributed by atoms with Gasteiger partial charge < -0.3 is 4.90 Å². The molecule has 1 fully saturated rings. The van der Waals surface area contributed by atoms with E-state index in [0.29, 0.717) is 5.56 Å². The molecular weight excluding hydrogens is 374 g/mol. The van der Waals surface area contributed by atoms with Crippen LogP contribution in [-0.2, 0) is 13.5 Å². The van der Waals surface area contributed by atoms with Crippen molar-refractivity contribution < 1.29 is 4.79 Å². The summed E-state index contributed by atoms with van der Waals surface area (Å²) < 4.78 is 1.75. The Balaban J connectivity index is 1.53. The van der Waals surface area contributed by atoms with Gasteiger partial charge in [0.1, 0.15) is 0 Å². The summed E-state index contributed by atoms with van der Waals surface area (Å²) in [6.07, 6.45) is 10.2. The second kappa shape index (κ2) is 7.71. The van der Waals surface area contributed by atoms with Gasteiger partial charge in [0.2, 0.25) is 0 Å². The summed E-state index contributed by atoms with van der Waals surface area (Å²) in [5.41, 5.74) is 4.37. The highest BCUT2D eigenvalue weighted by atomic mass is 16.2. The molecule has 6 nitrogen and oxygen atoms in total. The molecule has 0 spiro atoms. The summed E-state index contributed by atoms with van der Waals surface area (Å²) in [5, 5.41) is 5.15. The van der Waals surface area contributed by atoms with Crippen LogP contribution in [0.1, 0.15) is 28.8 Å². The topological polar surface area (TPSA) is 63.9 Å². The lowest BCUT2D eigenvalue weighted by molar-refractivity contribution is 0.0738. The van der Waals surface area contributed by atoms with Crippen molar-refractivity contribution in [2.75, 3.05) is 6.54 Å². The molecule has 1 amide bonds. The number of para-hydroxylation sites is 1. The summed E-state index contributed by atoms with van der Waals surface area (Å²) in [7, 11) is 1.88. The Morgan fingerprint density at radius 3 is 2.87 bits per heavy atom. The molecule has 1 aromatic carbocycles. The minimum absolute atomic E-state index is 0.0742. The van der Waals surface area contributed by atoms with Crippen LogP contribution in [0, 0.1) is 0 Å². The van der Waals surface area contributed by atoms with Crippen LogP contribution in [0.4, 0.5) is 0 Å². The highest BCUT2D eigenvalue weighted by Gasteiger charge is 2.30. The highest BCUT2D eigenvalue weighted by molar-refractivity contribution is 6.07. The molecule has 1 saturated heterocycles. The number of carbonyl (C=O) groups excluding carboxylic acids is 1. The molecular formula is C24H23N5O. The van der Waals surface area contributed by atoms with Gasteiger partial charge in [-0.05, 0) is 43.0 Å². The van der Waals surface area contributed by atoms with E-state index < -0.39 is 0 Å². The van der Waals surface area contributed by atoms with Gasteiger partial charge >= 0.3 is 0 Å². The monoisotopic (exact) mass is 397 g/mol. The van der Waals surface area contributed by atoms with Crippen molar-refractivity contribution in [3.05, 3.63) is 78.4 Å². The molecule has 1 aliphatic heterocycles. The Labute approximate surface area is 175 Å². The first-order valence-corrected chi connectivity index (χ1v) is 10.3. The lowest BCUT2D eigenvalue weighted by atomic mass is 10.0. The number of amides is 1. The number of hydrogen-bond acceptors (Lipinski definition) is 4. The fourth-order valence-electron chi connectivity index (χ4n) is 4.31. The van der Waals surface area contributed by atoms with Crippen molar-refractivity contribution >= 4 is 16.8 Å². The van der Waals surface area contributed by atoms with Gasteiger partial charge in [-0.2, -0.15) is 5.10 Å². The first-order valence-electron chi connectivity index (χ1n) is 10.3. The number of aryl methyl sites for hydroxylation is 1. The average molecular weight is 397 g/mol. The van der Waals surface area contributed by atoms with E-state index in [1.165, 1.54) is 0 Å². The van der Waals surface area contributed by atoms with E-state index in [-0.39, 0.29) is 11.9 Å². The number of likely N-dealkylation sites (tertiary alicyclic amines) is 1. The zero-order valence-electron chi connectivity index (χ0n) is 16.9. The molecule has 150 valence electrons. The van der Waals surface area contributed by atoms with Crippen LogP contribution in [0.5, 0.6) is 0 Å². The molecule has 0 saturated carbocycles. The molecule has 1 aliphatic rings. The molecule has 0 aliphatic carbocycles. The second-order valence-corrected chi connectivity index (χ2v) is 7.83. The second-order valence-electron chi connectivity index (χ2n) is 7.83. The number of nitrogens with zero attached hydrogens (tertiary/aromatic N) is 5. The number of aromatic nitrogens is 4. The van der Waals surface area contributed by atoms with Crippen LogP contribution in [0.25, 0.3) is 22.2 Å². The van der Waals surface area contributed by atoms with Gasteiger partial charge in [0, 0.05) is 49.2 Å². The van der Waals surface area contributed by atoms with Crippen molar-refractivity contribution in [2.45, 2.75) is 25.3 Å². The molecule has 0 bridgehead atoms. The maximum atomic E-state index is 13.7. The smallest absolute Gasteiger partial charge is 0.254 e. The molecule has 1 atom stereocenters. The zero-order chi connectivity index (χ0) is 20.5. The number of fused-ring (bicyclic) bond motifs is 1. The number of pyridine rings is 2. The van der Waals surface area contributed by atoms with Gasteiger partial charge in [-0.1, -0.05) is 24.3 Å². The first-order chi connectivity index (χ1) is 14.7. The number of hydrogen-bond donors (Lipinski definition) is 0. The van der Waals surface area contributed by atoms with Crippen LogP contribution < -0.4 is 0 Å². The third kappa shape index (κ3) is 3.45. The van der Waals surface area contributed by atoms with E-state index in [2.05, 4.69) is 16.1 Å². The molecule has 0 radical (unpaired) electrons. The van der Waals surface area contributed by atoms with Gasteiger partial charge in [-0.3, -0.25) is 14.5 Å². The first kappa shape index (κ1) is 18.5. The number of benzene rings is 1. The molecule has 30 heavy (non-hydrogen) atoms. The maximum Gasteiger partial charge on any atom is 0.254 e. The summed E-state index contributed by atoms with van der Waals surface area (Å²) in [5.74, 6) is 0.0742. The lowest BCUT2D eigenvalue weighted by Crippen LogP contribution is -2.37. The number of carbonyl (C=O) groups is 1. The van der Waals surface area contributed by atoms with Crippen LogP contribution in [0.15, 0.2) is 67.3 Å². The van der Waals surface area contributed by atoms with Crippen molar-refractivity contribution in [3.63, 3.8) is 0 Å². The summed E-state index contributed by atoms with van der Waals surface area (Å²) in [6, 6.07) is 14.0. The zero-order valence-corrected chi connectivity index (χ0v) is 16.9. The Hall–Kier alpha value is -3.54. The van der Waals surface area contributed by atoms with E-state index in [9.17, 15) is 4.79 Å². The van der Waals surface area contributed by atoms with Crippen LogP contribution in [0.2, 0.25) is 0 Å². The Kier molecular flexibility index (Phi) is 4.75. The third-order valence-corrected chi connectivity index (χ3v) is 5.78. The van der Waals surface area contributed by atoms with E-state index in [0.717, 1.165) is 53.5 Å². The summed E-state index contributed by atoms with van der Waals surface area (Å²) in [4.78, 5) is 24.7. The molecule has 4 heterocycles. The Bertz CT molecular complexity index is 1200. The fourth-order valence-corrected chi connectivity index (χ4v) is 4.31. The van der Waals surface area contributed by atoms with Crippen LogP contribution in [-0.4, -0.2) is 43.1 Å². The van der Waals surface area contributed by atoms with E-state index in [4.69, 9.17) is 4.98 Å². The lowest BCUT2D eigenvalue weighted by Gasteiger charge is -2.25. The normalized spacial score (nSPS) is 16.3. The van der Waals surface area contributed by atoms with Gasteiger partial charge in [-0.15, -0.1) is 0 Å². The quantitative estimate of drug-likeness (QED) is 0.524. The van der Waals surface area contributed by atoms with E-state index in [1.807, 2.05) is 60.7 Å². The van der Waals surface area contributed by atoms with E-state index in [1.54, 1.807) is 17.1 Å². The molecule has 4 aromatic rings. The minimum Gasteiger partial charge on any atom is -0.335 e. The Morgan fingerprint density at radius 2 is 2.07 bits per heavy atom. The highest BCUT2D eigenvalue weighted by Crippen LogP contribution is 2.29. The maximum absolute atomic E-state index is 13.7. The minimum atomic E-state index is 0.0742. The molecule has 0 N–H and O–H groups in total. The molecule has 3 aromatic heterocycles. The summed E-state index contributed by atoms with van der Waals surface area (Å²) >= 11 is 0. The van der Waals surface area contributed by atoms with Crippen LogP contribution in [0.3, 0.4) is 0 Å². The number of rotatable bonds is 4. The SMILES string of the molecule is Cn1cc(-c2cc(C(=O)N3CCC[C@H]3Cc3cccnc3)c3ccccc3n2)cn1. The predicted molar refractivity (Wildman–Crippen MR) is 116 cm³/mol.